The van der Waals surface area contributed by atoms with Crippen molar-refractivity contribution < 1.29 is 19.5 Å². The molecule has 6 nitrogen and oxygen atoms in total. The monoisotopic (exact) mass is 354 g/mol. The van der Waals surface area contributed by atoms with Gasteiger partial charge < -0.3 is 15.7 Å². The molecule has 2 amide bonds. The summed E-state index contributed by atoms with van der Waals surface area (Å²) >= 11 is 0. The Hall–Kier alpha value is -3.15. The van der Waals surface area contributed by atoms with E-state index < -0.39 is 12.0 Å². The van der Waals surface area contributed by atoms with Crippen LogP contribution in [0.3, 0.4) is 0 Å². The smallest absolute Gasteiger partial charge is 0.326 e. The van der Waals surface area contributed by atoms with Crippen LogP contribution >= 0.6 is 0 Å². The maximum Gasteiger partial charge on any atom is 0.326 e. The molecule has 6 heteroatoms. The van der Waals surface area contributed by atoms with E-state index in [1.807, 2.05) is 36.4 Å². The fourth-order valence-corrected chi connectivity index (χ4v) is 2.59. The summed E-state index contributed by atoms with van der Waals surface area (Å²) in [5.74, 6) is -1.59. The molecule has 0 aromatic heterocycles. The molecule has 0 fully saturated rings. The van der Waals surface area contributed by atoms with Gasteiger partial charge in [-0.25, -0.2) is 4.79 Å². The minimum Gasteiger partial charge on any atom is -0.480 e. The Morgan fingerprint density at radius 1 is 1.00 bits per heavy atom. The van der Waals surface area contributed by atoms with Crippen molar-refractivity contribution in [1.82, 2.24) is 10.6 Å². The van der Waals surface area contributed by atoms with Gasteiger partial charge in [0.2, 0.25) is 5.91 Å². The van der Waals surface area contributed by atoms with E-state index in [4.69, 9.17) is 0 Å². The van der Waals surface area contributed by atoms with Crippen molar-refractivity contribution in [3.8, 4) is 0 Å². The number of aryl methyl sites for hydroxylation is 1. The van der Waals surface area contributed by atoms with Crippen LogP contribution in [0.1, 0.15) is 27.9 Å². The molecule has 0 heterocycles. The summed E-state index contributed by atoms with van der Waals surface area (Å²) in [7, 11) is 1.56. The second kappa shape index (κ2) is 9.36. The van der Waals surface area contributed by atoms with Crippen LogP contribution in [-0.2, 0) is 22.4 Å². The van der Waals surface area contributed by atoms with Gasteiger partial charge in [0, 0.05) is 25.5 Å². The number of carboxylic acid groups (broad SMARTS) is 1. The van der Waals surface area contributed by atoms with Gasteiger partial charge in [-0.1, -0.05) is 42.5 Å². The molecule has 0 saturated heterocycles. The van der Waals surface area contributed by atoms with E-state index in [2.05, 4.69) is 10.6 Å². The van der Waals surface area contributed by atoms with Gasteiger partial charge in [0.1, 0.15) is 6.04 Å². The van der Waals surface area contributed by atoms with Crippen molar-refractivity contribution >= 4 is 17.8 Å². The van der Waals surface area contributed by atoms with Crippen LogP contribution in [0.25, 0.3) is 0 Å². The Morgan fingerprint density at radius 3 is 2.35 bits per heavy atom. The number of carbonyl (C=O) groups excluding carboxylic acids is 2. The van der Waals surface area contributed by atoms with Crippen molar-refractivity contribution in [3.63, 3.8) is 0 Å². The SMILES string of the molecule is CNC(=O)c1cccc(CCC(=O)NC(Cc2ccccc2)C(=O)O)c1. The molecular weight excluding hydrogens is 332 g/mol. The van der Waals surface area contributed by atoms with Crippen LogP contribution in [0.4, 0.5) is 0 Å². The van der Waals surface area contributed by atoms with Crippen molar-refractivity contribution in [3.05, 3.63) is 71.3 Å². The first-order valence-corrected chi connectivity index (χ1v) is 8.36. The summed E-state index contributed by atoms with van der Waals surface area (Å²) in [5.41, 5.74) is 2.22. The van der Waals surface area contributed by atoms with Gasteiger partial charge in [-0.15, -0.1) is 0 Å². The molecule has 2 rings (SSSR count). The van der Waals surface area contributed by atoms with Gasteiger partial charge in [-0.05, 0) is 29.7 Å². The predicted molar refractivity (Wildman–Crippen MR) is 97.9 cm³/mol. The van der Waals surface area contributed by atoms with E-state index in [1.54, 1.807) is 25.2 Å². The van der Waals surface area contributed by atoms with Crippen molar-refractivity contribution in [2.45, 2.75) is 25.3 Å². The second-order valence-electron chi connectivity index (χ2n) is 5.93. The van der Waals surface area contributed by atoms with E-state index in [1.165, 1.54) is 0 Å². The number of carboxylic acids is 1. The maximum atomic E-state index is 12.1. The number of benzene rings is 2. The zero-order valence-corrected chi connectivity index (χ0v) is 14.6. The van der Waals surface area contributed by atoms with Crippen LogP contribution < -0.4 is 10.6 Å². The molecular formula is C20H22N2O4. The Balaban J connectivity index is 1.92. The molecule has 0 spiro atoms. The van der Waals surface area contributed by atoms with Crippen molar-refractivity contribution in [2.75, 3.05) is 7.05 Å². The largest absolute Gasteiger partial charge is 0.480 e. The van der Waals surface area contributed by atoms with E-state index in [9.17, 15) is 19.5 Å². The second-order valence-corrected chi connectivity index (χ2v) is 5.93. The summed E-state index contributed by atoms with van der Waals surface area (Å²) < 4.78 is 0. The van der Waals surface area contributed by atoms with Crippen molar-refractivity contribution in [1.29, 1.82) is 0 Å². The number of carbonyl (C=O) groups is 3. The lowest BCUT2D eigenvalue weighted by Crippen LogP contribution is -2.42. The fraction of sp³-hybridized carbons (Fsp3) is 0.250. The molecule has 136 valence electrons. The summed E-state index contributed by atoms with van der Waals surface area (Å²) in [4.78, 5) is 35.2. The van der Waals surface area contributed by atoms with Gasteiger partial charge in [0.25, 0.3) is 5.91 Å². The summed E-state index contributed by atoms with van der Waals surface area (Å²) in [5, 5.41) is 14.5. The first kappa shape index (κ1) is 19.2. The molecule has 0 bridgehead atoms. The van der Waals surface area contributed by atoms with Gasteiger partial charge in [0.05, 0.1) is 0 Å². The number of amides is 2. The Kier molecular flexibility index (Phi) is 6.91. The number of aliphatic carboxylic acids is 1. The lowest BCUT2D eigenvalue weighted by Gasteiger charge is -2.14. The average Bonchev–Trinajstić information content (AvgIpc) is 2.66. The summed E-state index contributed by atoms with van der Waals surface area (Å²) in [6.45, 7) is 0. The molecule has 1 atom stereocenters. The fourth-order valence-electron chi connectivity index (χ4n) is 2.59. The topological polar surface area (TPSA) is 95.5 Å². The van der Waals surface area contributed by atoms with Crippen LogP contribution in [0.2, 0.25) is 0 Å². The molecule has 0 aliphatic heterocycles. The van der Waals surface area contributed by atoms with Crippen LogP contribution in [0.15, 0.2) is 54.6 Å². The van der Waals surface area contributed by atoms with E-state index in [0.29, 0.717) is 12.0 Å². The zero-order chi connectivity index (χ0) is 18.9. The number of nitrogens with one attached hydrogen (secondary N) is 2. The minimum atomic E-state index is -1.07. The van der Waals surface area contributed by atoms with Gasteiger partial charge in [-0.2, -0.15) is 0 Å². The Morgan fingerprint density at radius 2 is 1.69 bits per heavy atom. The molecule has 0 aliphatic rings. The third-order valence-corrected chi connectivity index (χ3v) is 3.97. The lowest BCUT2D eigenvalue weighted by molar-refractivity contribution is -0.141. The quantitative estimate of drug-likeness (QED) is 0.673. The molecule has 3 N–H and O–H groups in total. The third kappa shape index (κ3) is 5.73. The molecule has 26 heavy (non-hydrogen) atoms. The van der Waals surface area contributed by atoms with Crippen molar-refractivity contribution in [2.24, 2.45) is 0 Å². The first-order chi connectivity index (χ1) is 12.5. The first-order valence-electron chi connectivity index (χ1n) is 8.36. The standard InChI is InChI=1S/C20H22N2O4/c1-21-19(24)16-9-5-8-15(12-16)10-11-18(23)22-17(20(25)26)13-14-6-3-2-4-7-14/h2-9,12,17H,10-11,13H2,1H3,(H,21,24)(H,22,23)(H,25,26). The maximum absolute atomic E-state index is 12.1. The Labute approximate surface area is 152 Å². The number of hydrogen-bond donors (Lipinski definition) is 3. The van der Waals surface area contributed by atoms with E-state index in [-0.39, 0.29) is 24.7 Å². The van der Waals surface area contributed by atoms with Gasteiger partial charge >= 0.3 is 5.97 Å². The molecule has 1 unspecified atom stereocenters. The van der Waals surface area contributed by atoms with Crippen LogP contribution in [0, 0.1) is 0 Å². The minimum absolute atomic E-state index is 0.149. The normalized spacial score (nSPS) is 11.4. The number of rotatable bonds is 8. The molecule has 2 aromatic carbocycles. The third-order valence-electron chi connectivity index (χ3n) is 3.97. The number of hydrogen-bond acceptors (Lipinski definition) is 3. The molecule has 2 aromatic rings. The molecule has 0 radical (unpaired) electrons. The lowest BCUT2D eigenvalue weighted by atomic mass is 10.0. The molecule has 0 saturated carbocycles. The molecule has 0 aliphatic carbocycles. The highest BCUT2D eigenvalue weighted by Crippen LogP contribution is 2.09. The van der Waals surface area contributed by atoms with Crippen LogP contribution in [-0.4, -0.2) is 36.0 Å². The predicted octanol–water partition coefficient (Wildman–Crippen LogP) is 1.79. The highest BCUT2D eigenvalue weighted by atomic mass is 16.4. The Bertz CT molecular complexity index is 774. The van der Waals surface area contributed by atoms with E-state index >= 15 is 0 Å². The van der Waals surface area contributed by atoms with Gasteiger partial charge in [0.15, 0.2) is 0 Å². The van der Waals surface area contributed by atoms with E-state index in [0.717, 1.165) is 11.1 Å². The average molecular weight is 354 g/mol. The van der Waals surface area contributed by atoms with Gasteiger partial charge in [-0.3, -0.25) is 9.59 Å². The summed E-state index contributed by atoms with van der Waals surface area (Å²) in [6.07, 6.45) is 0.804. The highest BCUT2D eigenvalue weighted by Gasteiger charge is 2.20. The van der Waals surface area contributed by atoms with Crippen LogP contribution in [0.5, 0.6) is 0 Å². The summed E-state index contributed by atoms with van der Waals surface area (Å²) in [6, 6.07) is 15.2. The zero-order valence-electron chi connectivity index (χ0n) is 14.6. The highest BCUT2D eigenvalue weighted by molar-refractivity contribution is 5.94.